The lowest BCUT2D eigenvalue weighted by Crippen LogP contribution is -2.35. The molecule has 0 bridgehead atoms. The van der Waals surface area contributed by atoms with Gasteiger partial charge in [0, 0.05) is 17.1 Å². The minimum atomic E-state index is -1.38. The largest absolute Gasteiger partial charge is 0.504 e. The van der Waals surface area contributed by atoms with E-state index in [-0.39, 0.29) is 17.9 Å². The van der Waals surface area contributed by atoms with E-state index in [2.05, 4.69) is 20.9 Å². The summed E-state index contributed by atoms with van der Waals surface area (Å²) in [7, 11) is 0. The Morgan fingerprint density at radius 2 is 1.96 bits per heavy atom. The lowest BCUT2D eigenvalue weighted by molar-refractivity contribution is -0.142. The molecule has 2 aromatic carbocycles. The third-order valence-electron chi connectivity index (χ3n) is 3.40. The first kappa shape index (κ1) is 17.0. The van der Waals surface area contributed by atoms with E-state index in [9.17, 15) is 20.1 Å². The average molecular weight is 378 g/mol. The Labute approximate surface area is 142 Å². The van der Waals surface area contributed by atoms with Crippen LogP contribution in [0.2, 0.25) is 0 Å². The van der Waals surface area contributed by atoms with Gasteiger partial charge in [-0.25, -0.2) is 4.79 Å². The van der Waals surface area contributed by atoms with Crippen molar-refractivity contribution in [1.29, 1.82) is 0 Å². The minimum Gasteiger partial charge on any atom is -0.504 e. The fraction of sp³-hybridized carbons (Fsp3) is 0.176. The van der Waals surface area contributed by atoms with Crippen LogP contribution in [0.4, 0.5) is 0 Å². The van der Waals surface area contributed by atoms with E-state index in [4.69, 9.17) is 0 Å². The Kier molecular flexibility index (Phi) is 5.05. The molecule has 0 aliphatic heterocycles. The average Bonchev–Trinajstić information content (AvgIpc) is 2.49. The molecule has 0 spiro atoms. The SMILES string of the molecule is CC(Cc1ccc(O)c(O)c1)(/N=C/c1cccc(Br)c1)C(=O)O. The maximum atomic E-state index is 11.6. The number of aliphatic carboxylic acids is 1. The number of nitrogens with zero attached hydrogens (tertiary/aromatic N) is 1. The van der Waals surface area contributed by atoms with Crippen LogP contribution in [0, 0.1) is 0 Å². The van der Waals surface area contributed by atoms with E-state index in [1.165, 1.54) is 25.3 Å². The summed E-state index contributed by atoms with van der Waals surface area (Å²) in [5.41, 5.74) is -0.0388. The molecule has 0 radical (unpaired) electrons. The molecule has 0 aliphatic carbocycles. The van der Waals surface area contributed by atoms with E-state index in [0.29, 0.717) is 5.56 Å². The lowest BCUT2D eigenvalue weighted by Gasteiger charge is -2.20. The number of halogens is 1. The summed E-state index contributed by atoms with van der Waals surface area (Å²) in [4.78, 5) is 15.9. The smallest absolute Gasteiger partial charge is 0.331 e. The van der Waals surface area contributed by atoms with Gasteiger partial charge in [-0.15, -0.1) is 0 Å². The molecule has 2 rings (SSSR count). The standard InChI is InChI=1S/C17H16BrNO4/c1-17(16(22)23,9-11-5-6-14(20)15(21)8-11)19-10-12-3-2-4-13(18)7-12/h2-8,10,20-21H,9H2,1H3,(H,22,23)/b19-10+. The van der Waals surface area contributed by atoms with Gasteiger partial charge in [0.25, 0.3) is 0 Å². The van der Waals surface area contributed by atoms with Crippen molar-refractivity contribution < 1.29 is 20.1 Å². The van der Waals surface area contributed by atoms with Crippen LogP contribution in [0.3, 0.4) is 0 Å². The first-order chi connectivity index (χ1) is 10.8. The van der Waals surface area contributed by atoms with Crippen molar-refractivity contribution >= 4 is 28.1 Å². The number of phenolic OH excluding ortho intramolecular Hbond substituents is 2. The molecular formula is C17H16BrNO4. The lowest BCUT2D eigenvalue weighted by atomic mass is 9.93. The fourth-order valence-electron chi connectivity index (χ4n) is 2.06. The Balaban J connectivity index is 2.28. The fourth-order valence-corrected chi connectivity index (χ4v) is 2.47. The molecule has 0 saturated heterocycles. The van der Waals surface area contributed by atoms with Crippen LogP contribution >= 0.6 is 15.9 Å². The monoisotopic (exact) mass is 377 g/mol. The molecule has 0 saturated carbocycles. The highest BCUT2D eigenvalue weighted by Gasteiger charge is 2.32. The number of carbonyl (C=O) groups is 1. The summed E-state index contributed by atoms with van der Waals surface area (Å²) < 4.78 is 0.877. The molecule has 2 aromatic rings. The summed E-state index contributed by atoms with van der Waals surface area (Å²) in [6.07, 6.45) is 1.60. The molecule has 5 nitrogen and oxygen atoms in total. The van der Waals surface area contributed by atoms with Crippen LogP contribution in [0.25, 0.3) is 0 Å². The number of carboxylic acids is 1. The number of carboxylic acid groups (broad SMARTS) is 1. The van der Waals surface area contributed by atoms with E-state index in [1.54, 1.807) is 6.07 Å². The van der Waals surface area contributed by atoms with Crippen LogP contribution in [0.15, 0.2) is 51.9 Å². The second-order valence-electron chi connectivity index (χ2n) is 5.39. The quantitative estimate of drug-likeness (QED) is 0.550. The van der Waals surface area contributed by atoms with Gasteiger partial charge >= 0.3 is 5.97 Å². The molecule has 3 N–H and O–H groups in total. The summed E-state index contributed by atoms with van der Waals surface area (Å²) in [6, 6.07) is 11.6. The van der Waals surface area contributed by atoms with Gasteiger partial charge in [0.15, 0.2) is 17.0 Å². The van der Waals surface area contributed by atoms with Crippen molar-refractivity contribution in [1.82, 2.24) is 0 Å². The number of aliphatic imine (C=N–C) groups is 1. The normalized spacial score (nSPS) is 13.8. The Hall–Kier alpha value is -2.34. The molecule has 0 amide bonds. The van der Waals surface area contributed by atoms with Crippen LogP contribution in [0.5, 0.6) is 11.5 Å². The minimum absolute atomic E-state index is 0.0840. The highest BCUT2D eigenvalue weighted by molar-refractivity contribution is 9.10. The molecule has 1 unspecified atom stereocenters. The number of hydrogen-bond donors (Lipinski definition) is 3. The second kappa shape index (κ2) is 6.83. The molecule has 0 fully saturated rings. The topological polar surface area (TPSA) is 90.1 Å². The molecule has 120 valence electrons. The summed E-state index contributed by atoms with van der Waals surface area (Å²) >= 11 is 3.35. The van der Waals surface area contributed by atoms with E-state index in [1.807, 2.05) is 24.3 Å². The van der Waals surface area contributed by atoms with Crippen LogP contribution in [-0.2, 0) is 11.2 Å². The number of phenols is 2. The number of hydrogen-bond acceptors (Lipinski definition) is 4. The zero-order valence-electron chi connectivity index (χ0n) is 12.4. The second-order valence-corrected chi connectivity index (χ2v) is 6.31. The summed E-state index contributed by atoms with van der Waals surface area (Å²) in [6.45, 7) is 1.51. The van der Waals surface area contributed by atoms with E-state index >= 15 is 0 Å². The Morgan fingerprint density at radius 1 is 1.22 bits per heavy atom. The Morgan fingerprint density at radius 3 is 2.57 bits per heavy atom. The van der Waals surface area contributed by atoms with Crippen molar-refractivity contribution in [2.75, 3.05) is 0 Å². The maximum absolute atomic E-state index is 11.6. The van der Waals surface area contributed by atoms with Crippen LogP contribution in [-0.4, -0.2) is 33.0 Å². The number of rotatable bonds is 5. The maximum Gasteiger partial charge on any atom is 0.331 e. The molecular weight excluding hydrogens is 362 g/mol. The zero-order chi connectivity index (χ0) is 17.0. The van der Waals surface area contributed by atoms with Gasteiger partial charge in [-0.1, -0.05) is 34.1 Å². The molecule has 6 heteroatoms. The highest BCUT2D eigenvalue weighted by atomic mass is 79.9. The van der Waals surface area contributed by atoms with Crippen molar-refractivity contribution in [3.63, 3.8) is 0 Å². The summed E-state index contributed by atoms with van der Waals surface area (Å²) in [5.74, 6) is -1.61. The van der Waals surface area contributed by atoms with Gasteiger partial charge in [-0.2, -0.15) is 0 Å². The van der Waals surface area contributed by atoms with Gasteiger partial charge in [0.1, 0.15) is 0 Å². The molecule has 0 aliphatic rings. The number of aromatic hydroxyl groups is 2. The highest BCUT2D eigenvalue weighted by Crippen LogP contribution is 2.28. The van der Waals surface area contributed by atoms with Gasteiger partial charge in [-0.05, 0) is 42.3 Å². The van der Waals surface area contributed by atoms with Gasteiger partial charge in [-0.3, -0.25) is 4.99 Å². The van der Waals surface area contributed by atoms with Gasteiger partial charge in [0.05, 0.1) is 0 Å². The van der Waals surface area contributed by atoms with Crippen molar-refractivity contribution in [3.05, 3.63) is 58.1 Å². The van der Waals surface area contributed by atoms with Crippen molar-refractivity contribution in [2.24, 2.45) is 4.99 Å². The predicted octanol–water partition coefficient (Wildman–Crippen LogP) is 3.37. The van der Waals surface area contributed by atoms with Crippen molar-refractivity contribution in [2.45, 2.75) is 18.9 Å². The predicted molar refractivity (Wildman–Crippen MR) is 91.3 cm³/mol. The first-order valence-corrected chi connectivity index (χ1v) is 7.64. The van der Waals surface area contributed by atoms with Gasteiger partial charge in [0.2, 0.25) is 0 Å². The van der Waals surface area contributed by atoms with Gasteiger partial charge < -0.3 is 15.3 Å². The number of benzene rings is 2. The molecule has 1 atom stereocenters. The first-order valence-electron chi connectivity index (χ1n) is 6.85. The third-order valence-corrected chi connectivity index (χ3v) is 3.89. The van der Waals surface area contributed by atoms with Crippen LogP contribution in [0.1, 0.15) is 18.1 Å². The summed E-state index contributed by atoms with van der Waals surface area (Å²) in [5, 5.41) is 28.4. The van der Waals surface area contributed by atoms with Crippen molar-refractivity contribution in [3.8, 4) is 11.5 Å². The molecule has 0 heterocycles. The van der Waals surface area contributed by atoms with Crippen LogP contribution < -0.4 is 0 Å². The molecule has 23 heavy (non-hydrogen) atoms. The van der Waals surface area contributed by atoms with E-state index in [0.717, 1.165) is 10.0 Å². The zero-order valence-corrected chi connectivity index (χ0v) is 14.0. The van der Waals surface area contributed by atoms with E-state index < -0.39 is 11.5 Å². The molecule has 0 aromatic heterocycles. The Bertz CT molecular complexity index is 760. The third kappa shape index (κ3) is 4.32.